The fourth-order valence-electron chi connectivity index (χ4n) is 2.79. The standard InChI is InChI=1S/C14H18N2O2/c17-12-5-6-16(9-12)14(18)13-7-10-3-1-2-4-11(10)8-15-13/h1-4,12-13,15,17H,5-9H2/t12?,13-/m1/s1. The molecule has 0 saturated carbocycles. The van der Waals surface area contributed by atoms with E-state index in [9.17, 15) is 9.90 Å². The van der Waals surface area contributed by atoms with Crippen molar-refractivity contribution in [3.63, 3.8) is 0 Å². The van der Waals surface area contributed by atoms with Gasteiger partial charge < -0.3 is 15.3 Å². The largest absolute Gasteiger partial charge is 0.391 e. The molecule has 2 aliphatic rings. The lowest BCUT2D eigenvalue weighted by Crippen LogP contribution is -2.48. The quantitative estimate of drug-likeness (QED) is 0.749. The van der Waals surface area contributed by atoms with Crippen LogP contribution in [0.2, 0.25) is 0 Å². The zero-order chi connectivity index (χ0) is 12.5. The van der Waals surface area contributed by atoms with Crippen molar-refractivity contribution in [1.29, 1.82) is 0 Å². The third-order valence-electron chi connectivity index (χ3n) is 3.85. The van der Waals surface area contributed by atoms with Crippen LogP contribution in [-0.4, -0.2) is 41.1 Å². The zero-order valence-corrected chi connectivity index (χ0v) is 10.3. The molecule has 1 saturated heterocycles. The Morgan fingerprint density at radius 3 is 2.83 bits per heavy atom. The Labute approximate surface area is 107 Å². The molecule has 2 N–H and O–H groups in total. The molecule has 4 nitrogen and oxygen atoms in total. The monoisotopic (exact) mass is 246 g/mol. The summed E-state index contributed by atoms with van der Waals surface area (Å²) in [7, 11) is 0. The van der Waals surface area contributed by atoms with Gasteiger partial charge in [-0.3, -0.25) is 4.79 Å². The third-order valence-corrected chi connectivity index (χ3v) is 3.85. The molecule has 3 rings (SSSR count). The number of nitrogens with one attached hydrogen (secondary N) is 1. The normalized spacial score (nSPS) is 27.1. The van der Waals surface area contributed by atoms with E-state index in [1.165, 1.54) is 11.1 Å². The maximum absolute atomic E-state index is 12.3. The number of amides is 1. The molecule has 2 aliphatic heterocycles. The lowest BCUT2D eigenvalue weighted by molar-refractivity contribution is -0.132. The first-order valence-electron chi connectivity index (χ1n) is 6.51. The Kier molecular flexibility index (Phi) is 3.06. The van der Waals surface area contributed by atoms with Crippen molar-refractivity contribution in [2.75, 3.05) is 13.1 Å². The maximum Gasteiger partial charge on any atom is 0.240 e. The molecule has 2 heterocycles. The Bertz CT molecular complexity index is 461. The van der Waals surface area contributed by atoms with Crippen molar-refractivity contribution in [1.82, 2.24) is 10.2 Å². The van der Waals surface area contributed by atoms with Crippen LogP contribution < -0.4 is 5.32 Å². The van der Waals surface area contributed by atoms with Gasteiger partial charge >= 0.3 is 0 Å². The molecule has 0 bridgehead atoms. The maximum atomic E-state index is 12.3. The van der Waals surface area contributed by atoms with E-state index in [-0.39, 0.29) is 18.1 Å². The number of hydrogen-bond acceptors (Lipinski definition) is 3. The number of carbonyl (C=O) groups excluding carboxylic acids is 1. The summed E-state index contributed by atoms with van der Waals surface area (Å²) in [6.07, 6.45) is 1.11. The number of rotatable bonds is 1. The number of β-amino-alcohol motifs (C(OH)–C–C–N with tert-alkyl or cyclic N) is 1. The van der Waals surface area contributed by atoms with Crippen LogP contribution in [0.3, 0.4) is 0 Å². The molecule has 0 aromatic heterocycles. The summed E-state index contributed by atoms with van der Waals surface area (Å²) in [5.41, 5.74) is 2.54. The molecule has 18 heavy (non-hydrogen) atoms. The molecular weight excluding hydrogens is 228 g/mol. The van der Waals surface area contributed by atoms with Gasteiger partial charge in [0.25, 0.3) is 0 Å². The van der Waals surface area contributed by atoms with E-state index in [4.69, 9.17) is 0 Å². The van der Waals surface area contributed by atoms with Gasteiger partial charge in [0.05, 0.1) is 12.1 Å². The molecule has 1 aromatic rings. The predicted molar refractivity (Wildman–Crippen MR) is 68.0 cm³/mol. The SMILES string of the molecule is O=C([C@H]1Cc2ccccc2CN1)N1CCC(O)C1. The van der Waals surface area contributed by atoms with Gasteiger partial charge in [0.1, 0.15) is 0 Å². The first kappa shape index (κ1) is 11.7. The minimum absolute atomic E-state index is 0.126. The molecule has 2 atom stereocenters. The van der Waals surface area contributed by atoms with Crippen molar-refractivity contribution in [3.05, 3.63) is 35.4 Å². The molecule has 1 amide bonds. The van der Waals surface area contributed by atoms with Crippen LogP contribution in [0.5, 0.6) is 0 Å². The van der Waals surface area contributed by atoms with Crippen molar-refractivity contribution in [3.8, 4) is 0 Å². The van der Waals surface area contributed by atoms with Crippen LogP contribution in [0.1, 0.15) is 17.5 Å². The molecule has 4 heteroatoms. The van der Waals surface area contributed by atoms with Crippen LogP contribution in [0.15, 0.2) is 24.3 Å². The molecule has 96 valence electrons. The van der Waals surface area contributed by atoms with Crippen molar-refractivity contribution < 1.29 is 9.90 Å². The second-order valence-electron chi connectivity index (χ2n) is 5.13. The highest BCUT2D eigenvalue weighted by Gasteiger charge is 2.31. The number of aliphatic hydroxyl groups excluding tert-OH is 1. The van der Waals surface area contributed by atoms with Gasteiger partial charge in [-0.05, 0) is 24.0 Å². The van der Waals surface area contributed by atoms with Gasteiger partial charge in [-0.25, -0.2) is 0 Å². The number of likely N-dealkylation sites (tertiary alicyclic amines) is 1. The van der Waals surface area contributed by atoms with E-state index in [1.807, 2.05) is 12.1 Å². The van der Waals surface area contributed by atoms with Crippen molar-refractivity contribution in [2.24, 2.45) is 0 Å². The molecule has 0 radical (unpaired) electrons. The zero-order valence-electron chi connectivity index (χ0n) is 10.3. The molecule has 1 unspecified atom stereocenters. The molecule has 0 aliphatic carbocycles. The Hall–Kier alpha value is -1.39. The highest BCUT2D eigenvalue weighted by Crippen LogP contribution is 2.19. The number of benzene rings is 1. The van der Waals surface area contributed by atoms with Gasteiger partial charge in [-0.2, -0.15) is 0 Å². The van der Waals surface area contributed by atoms with Gasteiger partial charge in [-0.15, -0.1) is 0 Å². The van der Waals surface area contributed by atoms with Gasteiger partial charge in [0.2, 0.25) is 5.91 Å². The van der Waals surface area contributed by atoms with E-state index in [2.05, 4.69) is 17.4 Å². The van der Waals surface area contributed by atoms with E-state index in [0.29, 0.717) is 19.5 Å². The summed E-state index contributed by atoms with van der Waals surface area (Å²) in [6, 6.07) is 8.10. The topological polar surface area (TPSA) is 52.6 Å². The summed E-state index contributed by atoms with van der Waals surface area (Å²) in [5.74, 6) is 0.126. The second-order valence-corrected chi connectivity index (χ2v) is 5.13. The number of fused-ring (bicyclic) bond motifs is 1. The minimum atomic E-state index is -0.343. The summed E-state index contributed by atoms with van der Waals surface area (Å²) >= 11 is 0. The molecular formula is C14H18N2O2. The lowest BCUT2D eigenvalue weighted by atomic mass is 9.95. The van der Waals surface area contributed by atoms with Crippen LogP contribution >= 0.6 is 0 Å². The fourth-order valence-corrected chi connectivity index (χ4v) is 2.79. The van der Waals surface area contributed by atoms with Gasteiger partial charge in [0.15, 0.2) is 0 Å². The van der Waals surface area contributed by atoms with Crippen LogP contribution in [0, 0.1) is 0 Å². The first-order chi connectivity index (χ1) is 8.74. The van der Waals surface area contributed by atoms with Crippen LogP contribution in [-0.2, 0) is 17.8 Å². The molecule has 0 spiro atoms. The number of carbonyl (C=O) groups is 1. The average Bonchev–Trinajstić information content (AvgIpc) is 2.84. The Morgan fingerprint density at radius 1 is 1.33 bits per heavy atom. The van der Waals surface area contributed by atoms with Crippen LogP contribution in [0.4, 0.5) is 0 Å². The highest BCUT2D eigenvalue weighted by molar-refractivity contribution is 5.83. The predicted octanol–water partition coefficient (Wildman–Crippen LogP) is 0.294. The Balaban J connectivity index is 1.70. The number of nitrogens with zero attached hydrogens (tertiary/aromatic N) is 1. The number of hydrogen-bond donors (Lipinski definition) is 2. The highest BCUT2D eigenvalue weighted by atomic mass is 16.3. The number of aliphatic hydroxyl groups is 1. The van der Waals surface area contributed by atoms with Gasteiger partial charge in [0, 0.05) is 19.6 Å². The van der Waals surface area contributed by atoms with Crippen LogP contribution in [0.25, 0.3) is 0 Å². The summed E-state index contributed by atoms with van der Waals surface area (Å²) in [6.45, 7) is 1.92. The lowest BCUT2D eigenvalue weighted by Gasteiger charge is -2.28. The van der Waals surface area contributed by atoms with E-state index < -0.39 is 0 Å². The average molecular weight is 246 g/mol. The van der Waals surface area contributed by atoms with Crippen molar-refractivity contribution in [2.45, 2.75) is 31.5 Å². The summed E-state index contributed by atoms with van der Waals surface area (Å²) in [4.78, 5) is 14.1. The minimum Gasteiger partial charge on any atom is -0.391 e. The first-order valence-corrected chi connectivity index (χ1v) is 6.51. The second kappa shape index (κ2) is 4.71. The smallest absolute Gasteiger partial charge is 0.240 e. The van der Waals surface area contributed by atoms with E-state index in [1.54, 1.807) is 4.90 Å². The van der Waals surface area contributed by atoms with Crippen molar-refractivity contribution >= 4 is 5.91 Å². The van der Waals surface area contributed by atoms with E-state index in [0.717, 1.165) is 13.0 Å². The fraction of sp³-hybridized carbons (Fsp3) is 0.500. The third kappa shape index (κ3) is 2.13. The molecule has 1 fully saturated rings. The molecule has 1 aromatic carbocycles. The van der Waals surface area contributed by atoms with Gasteiger partial charge in [-0.1, -0.05) is 24.3 Å². The Morgan fingerprint density at radius 2 is 2.11 bits per heavy atom. The summed E-state index contributed by atoms with van der Waals surface area (Å²) in [5, 5.41) is 12.8. The van der Waals surface area contributed by atoms with E-state index >= 15 is 0 Å². The summed E-state index contributed by atoms with van der Waals surface area (Å²) < 4.78 is 0.